The van der Waals surface area contributed by atoms with Crippen LogP contribution in [0, 0.1) is 0 Å². The Morgan fingerprint density at radius 3 is 3.24 bits per heavy atom. The van der Waals surface area contributed by atoms with Gasteiger partial charge in [-0.25, -0.2) is 4.79 Å². The molecule has 94 valence electrons. The van der Waals surface area contributed by atoms with Crippen LogP contribution in [0.4, 0.5) is 4.79 Å². The first-order valence-corrected chi connectivity index (χ1v) is 6.34. The Morgan fingerprint density at radius 2 is 2.47 bits per heavy atom. The van der Waals surface area contributed by atoms with Crippen LogP contribution in [0.15, 0.2) is 11.4 Å². The monoisotopic (exact) mass is 257 g/mol. The average Bonchev–Trinajstić information content (AvgIpc) is 2.82. The first-order valence-electron chi connectivity index (χ1n) is 5.46. The molecule has 0 radical (unpaired) electrons. The number of aliphatic hydroxyl groups is 2. The van der Waals surface area contributed by atoms with E-state index in [0.29, 0.717) is 13.1 Å². The van der Waals surface area contributed by atoms with Gasteiger partial charge in [-0.05, 0) is 23.4 Å². The van der Waals surface area contributed by atoms with E-state index in [-0.39, 0.29) is 6.61 Å². The Kier molecular flexibility index (Phi) is 3.98. The van der Waals surface area contributed by atoms with Gasteiger partial charge >= 0.3 is 6.09 Å². The van der Waals surface area contributed by atoms with Crippen molar-refractivity contribution in [2.45, 2.75) is 19.1 Å². The molecule has 1 aromatic rings. The molecule has 0 aromatic carbocycles. The van der Waals surface area contributed by atoms with Crippen molar-refractivity contribution >= 4 is 17.4 Å². The number of amides is 1. The van der Waals surface area contributed by atoms with Gasteiger partial charge < -0.3 is 19.8 Å². The SMILES string of the molecule is O=C(OCC(O)CO)N1CCc2ccsc2C1. The molecule has 0 saturated carbocycles. The van der Waals surface area contributed by atoms with Crippen molar-refractivity contribution in [1.82, 2.24) is 4.90 Å². The smallest absolute Gasteiger partial charge is 0.410 e. The summed E-state index contributed by atoms with van der Waals surface area (Å²) in [5.74, 6) is 0. The third-order valence-corrected chi connectivity index (χ3v) is 3.64. The van der Waals surface area contributed by atoms with Crippen LogP contribution in [0.25, 0.3) is 0 Å². The summed E-state index contributed by atoms with van der Waals surface area (Å²) in [7, 11) is 0. The molecule has 0 aliphatic carbocycles. The second-order valence-electron chi connectivity index (χ2n) is 3.95. The first-order chi connectivity index (χ1) is 8.20. The minimum Gasteiger partial charge on any atom is -0.447 e. The summed E-state index contributed by atoms with van der Waals surface area (Å²) < 4.78 is 4.91. The number of rotatable bonds is 3. The van der Waals surface area contributed by atoms with E-state index in [0.717, 1.165) is 6.42 Å². The zero-order valence-electron chi connectivity index (χ0n) is 9.33. The van der Waals surface area contributed by atoms with Crippen molar-refractivity contribution in [2.24, 2.45) is 0 Å². The molecule has 6 heteroatoms. The Hall–Kier alpha value is -1.11. The van der Waals surface area contributed by atoms with Gasteiger partial charge in [0.2, 0.25) is 0 Å². The first kappa shape index (κ1) is 12.3. The van der Waals surface area contributed by atoms with Gasteiger partial charge in [-0.2, -0.15) is 0 Å². The highest BCUT2D eigenvalue weighted by atomic mass is 32.1. The Labute approximate surface area is 103 Å². The number of nitrogens with zero attached hydrogens (tertiary/aromatic N) is 1. The van der Waals surface area contributed by atoms with Gasteiger partial charge in [0.25, 0.3) is 0 Å². The van der Waals surface area contributed by atoms with Crippen molar-refractivity contribution in [1.29, 1.82) is 0 Å². The number of fused-ring (bicyclic) bond motifs is 1. The lowest BCUT2D eigenvalue weighted by Gasteiger charge is -2.26. The van der Waals surface area contributed by atoms with Crippen molar-refractivity contribution in [3.05, 3.63) is 21.9 Å². The van der Waals surface area contributed by atoms with E-state index >= 15 is 0 Å². The molecule has 0 bridgehead atoms. The van der Waals surface area contributed by atoms with Gasteiger partial charge in [-0.3, -0.25) is 0 Å². The van der Waals surface area contributed by atoms with Gasteiger partial charge in [-0.1, -0.05) is 0 Å². The van der Waals surface area contributed by atoms with Gasteiger partial charge in [-0.15, -0.1) is 11.3 Å². The standard InChI is InChI=1S/C11H15NO4S/c13-6-9(14)7-16-11(15)12-3-1-8-2-4-17-10(8)5-12/h2,4,9,13-14H,1,3,5-7H2. The summed E-state index contributed by atoms with van der Waals surface area (Å²) in [5.41, 5.74) is 1.30. The number of hydrogen-bond acceptors (Lipinski definition) is 5. The molecular weight excluding hydrogens is 242 g/mol. The lowest BCUT2D eigenvalue weighted by Crippen LogP contribution is -2.37. The molecule has 0 fully saturated rings. The lowest BCUT2D eigenvalue weighted by molar-refractivity contribution is 0.0188. The van der Waals surface area contributed by atoms with Crippen LogP contribution in [0.5, 0.6) is 0 Å². The molecule has 1 amide bonds. The number of hydrogen-bond donors (Lipinski definition) is 2. The number of thiophene rings is 1. The second kappa shape index (κ2) is 5.48. The zero-order chi connectivity index (χ0) is 12.3. The summed E-state index contributed by atoms with van der Waals surface area (Å²) in [6, 6.07) is 2.08. The largest absolute Gasteiger partial charge is 0.447 e. The van der Waals surface area contributed by atoms with Crippen molar-refractivity contribution < 1.29 is 19.7 Å². The maximum atomic E-state index is 11.7. The normalized spacial score (nSPS) is 16.5. The third-order valence-electron chi connectivity index (χ3n) is 2.69. The Balaban J connectivity index is 1.86. The lowest BCUT2D eigenvalue weighted by atomic mass is 10.1. The fraction of sp³-hybridized carbons (Fsp3) is 0.545. The fourth-order valence-corrected chi connectivity index (χ4v) is 2.65. The molecule has 2 rings (SSSR count). The second-order valence-corrected chi connectivity index (χ2v) is 4.95. The highest BCUT2D eigenvalue weighted by molar-refractivity contribution is 7.10. The summed E-state index contributed by atoms with van der Waals surface area (Å²) in [6.45, 7) is 0.643. The molecule has 2 N–H and O–H groups in total. The summed E-state index contributed by atoms with van der Waals surface area (Å²) in [5, 5.41) is 19.7. The maximum absolute atomic E-state index is 11.7. The zero-order valence-corrected chi connectivity index (χ0v) is 10.2. The molecular formula is C11H15NO4S. The van der Waals surface area contributed by atoms with Crippen molar-refractivity contribution in [3.63, 3.8) is 0 Å². The van der Waals surface area contributed by atoms with E-state index in [4.69, 9.17) is 14.9 Å². The predicted octanol–water partition coefficient (Wildman–Crippen LogP) is 0.596. The molecule has 1 aliphatic rings. The summed E-state index contributed by atoms with van der Waals surface area (Å²) in [4.78, 5) is 14.5. The number of aliphatic hydroxyl groups excluding tert-OH is 2. The molecule has 2 heterocycles. The van der Waals surface area contributed by atoms with E-state index in [1.807, 2.05) is 5.38 Å². The van der Waals surface area contributed by atoms with Crippen LogP contribution >= 0.6 is 11.3 Å². The van der Waals surface area contributed by atoms with E-state index in [9.17, 15) is 4.79 Å². The van der Waals surface area contributed by atoms with E-state index in [1.54, 1.807) is 16.2 Å². The summed E-state index contributed by atoms with van der Waals surface area (Å²) >= 11 is 1.64. The average molecular weight is 257 g/mol. The van der Waals surface area contributed by atoms with Crippen LogP contribution in [0.1, 0.15) is 10.4 Å². The van der Waals surface area contributed by atoms with Crippen LogP contribution in [-0.4, -0.2) is 47.1 Å². The number of carbonyl (C=O) groups excluding carboxylic acids is 1. The minimum absolute atomic E-state index is 0.164. The molecule has 0 spiro atoms. The maximum Gasteiger partial charge on any atom is 0.410 e. The van der Waals surface area contributed by atoms with Gasteiger partial charge in [0, 0.05) is 11.4 Å². The minimum atomic E-state index is -0.999. The Bertz CT molecular complexity index is 393. The number of carbonyl (C=O) groups is 1. The highest BCUT2D eigenvalue weighted by Gasteiger charge is 2.22. The molecule has 1 unspecified atom stereocenters. The Morgan fingerprint density at radius 1 is 1.65 bits per heavy atom. The molecule has 5 nitrogen and oxygen atoms in total. The van der Waals surface area contributed by atoms with Crippen molar-refractivity contribution in [3.8, 4) is 0 Å². The molecule has 1 aromatic heterocycles. The van der Waals surface area contributed by atoms with Gasteiger partial charge in [0.05, 0.1) is 13.2 Å². The molecule has 1 atom stereocenters. The van der Waals surface area contributed by atoms with Gasteiger partial charge in [0.15, 0.2) is 0 Å². The molecule has 1 aliphatic heterocycles. The van der Waals surface area contributed by atoms with E-state index in [1.165, 1.54) is 10.4 Å². The van der Waals surface area contributed by atoms with E-state index < -0.39 is 18.8 Å². The topological polar surface area (TPSA) is 70.0 Å². The third kappa shape index (κ3) is 2.96. The van der Waals surface area contributed by atoms with Crippen LogP contribution in [0.2, 0.25) is 0 Å². The van der Waals surface area contributed by atoms with Crippen LogP contribution in [0.3, 0.4) is 0 Å². The summed E-state index contributed by atoms with van der Waals surface area (Å²) in [6.07, 6.45) is -0.589. The molecule has 0 saturated heterocycles. The van der Waals surface area contributed by atoms with Crippen molar-refractivity contribution in [2.75, 3.05) is 19.8 Å². The van der Waals surface area contributed by atoms with E-state index in [2.05, 4.69) is 6.07 Å². The highest BCUT2D eigenvalue weighted by Crippen LogP contribution is 2.24. The van der Waals surface area contributed by atoms with Gasteiger partial charge in [0.1, 0.15) is 12.7 Å². The number of ether oxygens (including phenoxy) is 1. The van der Waals surface area contributed by atoms with Crippen LogP contribution < -0.4 is 0 Å². The quantitative estimate of drug-likeness (QED) is 0.831. The predicted molar refractivity (Wildman–Crippen MR) is 62.9 cm³/mol. The molecule has 17 heavy (non-hydrogen) atoms. The van der Waals surface area contributed by atoms with Crippen LogP contribution in [-0.2, 0) is 17.7 Å². The fourth-order valence-electron chi connectivity index (χ4n) is 1.70.